The van der Waals surface area contributed by atoms with Crippen molar-refractivity contribution < 1.29 is 9.90 Å². The molecule has 0 amide bonds. The summed E-state index contributed by atoms with van der Waals surface area (Å²) in [6.07, 6.45) is 9.33. The average Bonchev–Trinajstić information content (AvgIpc) is 3.21. The average molecular weight is 273 g/mol. The number of nitrogens with zero attached hydrogens (tertiary/aromatic N) is 3. The SMILES string of the molecule is C#CCN(CC1CC1)c1cnc(C(C)C)nc1C(=O)O. The first-order valence-electron chi connectivity index (χ1n) is 6.81. The van der Waals surface area contributed by atoms with Crippen LogP contribution in [0.5, 0.6) is 0 Å². The molecule has 0 aliphatic heterocycles. The van der Waals surface area contributed by atoms with Crippen LogP contribution < -0.4 is 4.90 Å². The molecule has 1 aromatic heterocycles. The van der Waals surface area contributed by atoms with E-state index in [1.165, 1.54) is 12.8 Å². The molecule has 0 bridgehead atoms. The maximum atomic E-state index is 11.4. The van der Waals surface area contributed by atoms with Crippen LogP contribution in [0.15, 0.2) is 6.20 Å². The first-order chi connectivity index (χ1) is 9.52. The summed E-state index contributed by atoms with van der Waals surface area (Å²) >= 11 is 0. The van der Waals surface area contributed by atoms with E-state index < -0.39 is 5.97 Å². The highest BCUT2D eigenvalue weighted by molar-refractivity contribution is 5.92. The van der Waals surface area contributed by atoms with Gasteiger partial charge in [0.05, 0.1) is 18.4 Å². The van der Waals surface area contributed by atoms with Crippen molar-refractivity contribution in [2.24, 2.45) is 5.92 Å². The second-order valence-corrected chi connectivity index (χ2v) is 5.45. The lowest BCUT2D eigenvalue weighted by Gasteiger charge is -2.23. The molecule has 20 heavy (non-hydrogen) atoms. The van der Waals surface area contributed by atoms with Gasteiger partial charge in [-0.05, 0) is 18.8 Å². The standard InChI is InChI=1S/C15H19N3O2/c1-4-7-18(9-11-5-6-11)12-8-16-14(10(2)3)17-13(12)15(19)20/h1,8,10-11H,5-7,9H2,2-3H3,(H,19,20). The van der Waals surface area contributed by atoms with Gasteiger partial charge < -0.3 is 10.0 Å². The normalized spacial score (nSPS) is 14.1. The maximum Gasteiger partial charge on any atom is 0.356 e. The Morgan fingerprint density at radius 2 is 2.30 bits per heavy atom. The largest absolute Gasteiger partial charge is 0.476 e. The second kappa shape index (κ2) is 5.91. The molecule has 5 nitrogen and oxygen atoms in total. The monoisotopic (exact) mass is 273 g/mol. The van der Waals surface area contributed by atoms with Gasteiger partial charge >= 0.3 is 5.97 Å². The second-order valence-electron chi connectivity index (χ2n) is 5.45. The number of terminal acetylenes is 1. The fourth-order valence-electron chi connectivity index (χ4n) is 2.03. The highest BCUT2D eigenvalue weighted by Gasteiger charge is 2.27. The lowest BCUT2D eigenvalue weighted by Crippen LogP contribution is -2.29. The third-order valence-electron chi connectivity index (χ3n) is 3.31. The zero-order chi connectivity index (χ0) is 14.7. The van der Waals surface area contributed by atoms with Crippen molar-refractivity contribution in [3.05, 3.63) is 17.7 Å². The Morgan fingerprint density at radius 3 is 2.80 bits per heavy atom. The first kappa shape index (κ1) is 14.3. The van der Waals surface area contributed by atoms with Crippen LogP contribution in [0.1, 0.15) is 48.9 Å². The van der Waals surface area contributed by atoms with Crippen LogP contribution in [-0.4, -0.2) is 34.1 Å². The van der Waals surface area contributed by atoms with Gasteiger partial charge in [0.1, 0.15) is 5.82 Å². The molecule has 1 heterocycles. The molecule has 1 saturated carbocycles. The summed E-state index contributed by atoms with van der Waals surface area (Å²) < 4.78 is 0. The summed E-state index contributed by atoms with van der Waals surface area (Å²) in [4.78, 5) is 21.8. The van der Waals surface area contributed by atoms with Crippen LogP contribution >= 0.6 is 0 Å². The van der Waals surface area contributed by atoms with E-state index in [9.17, 15) is 9.90 Å². The number of carboxylic acid groups (broad SMARTS) is 1. The number of aromatic carboxylic acids is 1. The number of carbonyl (C=O) groups is 1. The lowest BCUT2D eigenvalue weighted by atomic mass is 10.2. The quantitative estimate of drug-likeness (QED) is 0.804. The topological polar surface area (TPSA) is 66.3 Å². The third-order valence-corrected chi connectivity index (χ3v) is 3.31. The van der Waals surface area contributed by atoms with Gasteiger partial charge in [-0.15, -0.1) is 6.42 Å². The molecule has 0 aromatic carbocycles. The van der Waals surface area contributed by atoms with E-state index in [4.69, 9.17) is 6.42 Å². The number of hydrogen-bond donors (Lipinski definition) is 1. The fraction of sp³-hybridized carbons (Fsp3) is 0.533. The summed E-state index contributed by atoms with van der Waals surface area (Å²) in [6.45, 7) is 5.02. The minimum Gasteiger partial charge on any atom is -0.476 e. The maximum absolute atomic E-state index is 11.4. The molecule has 0 unspecified atom stereocenters. The van der Waals surface area contributed by atoms with Crippen molar-refractivity contribution in [3.8, 4) is 12.3 Å². The Labute approximate surface area is 119 Å². The summed E-state index contributed by atoms with van der Waals surface area (Å²) in [5, 5.41) is 9.37. The molecular weight excluding hydrogens is 254 g/mol. The van der Waals surface area contributed by atoms with Gasteiger partial charge in [0.25, 0.3) is 0 Å². The van der Waals surface area contributed by atoms with Crippen LogP contribution in [-0.2, 0) is 0 Å². The van der Waals surface area contributed by atoms with E-state index in [1.54, 1.807) is 6.20 Å². The van der Waals surface area contributed by atoms with Crippen molar-refractivity contribution >= 4 is 11.7 Å². The molecule has 0 saturated heterocycles. The number of carboxylic acids is 1. The molecule has 5 heteroatoms. The van der Waals surface area contributed by atoms with Gasteiger partial charge in [-0.25, -0.2) is 14.8 Å². The van der Waals surface area contributed by atoms with Gasteiger partial charge in [-0.3, -0.25) is 0 Å². The summed E-state index contributed by atoms with van der Waals surface area (Å²) in [5.74, 6) is 2.78. The Balaban J connectivity index is 2.36. The molecule has 2 rings (SSSR count). The molecule has 106 valence electrons. The molecule has 0 spiro atoms. The number of rotatable bonds is 6. The zero-order valence-electron chi connectivity index (χ0n) is 11.8. The Bertz CT molecular complexity index is 545. The minimum atomic E-state index is -1.04. The number of anilines is 1. The van der Waals surface area contributed by atoms with Crippen LogP contribution in [0.2, 0.25) is 0 Å². The summed E-state index contributed by atoms with van der Waals surface area (Å²) in [7, 11) is 0. The smallest absolute Gasteiger partial charge is 0.356 e. The molecule has 1 N–H and O–H groups in total. The van der Waals surface area contributed by atoms with Crippen molar-refractivity contribution in [2.45, 2.75) is 32.6 Å². The first-order valence-corrected chi connectivity index (χ1v) is 6.81. The Kier molecular flexibility index (Phi) is 4.23. The molecule has 1 aliphatic rings. The van der Waals surface area contributed by atoms with Crippen molar-refractivity contribution in [2.75, 3.05) is 18.0 Å². The minimum absolute atomic E-state index is 0.0413. The van der Waals surface area contributed by atoms with Gasteiger partial charge in [0.2, 0.25) is 0 Å². The van der Waals surface area contributed by atoms with Gasteiger partial charge in [0.15, 0.2) is 5.69 Å². The predicted molar refractivity (Wildman–Crippen MR) is 76.9 cm³/mol. The zero-order valence-corrected chi connectivity index (χ0v) is 11.8. The van der Waals surface area contributed by atoms with Crippen molar-refractivity contribution in [3.63, 3.8) is 0 Å². The third kappa shape index (κ3) is 3.27. The molecule has 1 aromatic rings. The van der Waals surface area contributed by atoms with Crippen molar-refractivity contribution in [1.82, 2.24) is 9.97 Å². The number of aromatic nitrogens is 2. The van der Waals surface area contributed by atoms with Crippen molar-refractivity contribution in [1.29, 1.82) is 0 Å². The van der Waals surface area contributed by atoms with Gasteiger partial charge in [-0.2, -0.15) is 0 Å². The van der Waals surface area contributed by atoms with E-state index in [2.05, 4.69) is 15.9 Å². The molecule has 0 atom stereocenters. The van der Waals surface area contributed by atoms with E-state index in [0.29, 0.717) is 24.0 Å². The molecule has 1 fully saturated rings. The van der Waals surface area contributed by atoms with E-state index in [-0.39, 0.29) is 11.6 Å². The summed E-state index contributed by atoms with van der Waals surface area (Å²) in [6, 6.07) is 0. The fourth-order valence-corrected chi connectivity index (χ4v) is 2.03. The van der Waals surface area contributed by atoms with Crippen LogP contribution in [0.25, 0.3) is 0 Å². The van der Waals surface area contributed by atoms with Crippen LogP contribution in [0.3, 0.4) is 0 Å². The van der Waals surface area contributed by atoms with Gasteiger partial charge in [-0.1, -0.05) is 19.8 Å². The highest BCUT2D eigenvalue weighted by Crippen LogP contribution is 2.32. The predicted octanol–water partition coefficient (Wildman–Crippen LogP) is 2.15. The lowest BCUT2D eigenvalue weighted by molar-refractivity contribution is 0.0690. The molecular formula is C15H19N3O2. The Hall–Kier alpha value is -2.09. The number of hydrogen-bond acceptors (Lipinski definition) is 4. The molecule has 1 aliphatic carbocycles. The summed E-state index contributed by atoms with van der Waals surface area (Å²) in [5.41, 5.74) is 0.561. The molecule has 0 radical (unpaired) electrons. The van der Waals surface area contributed by atoms with E-state index in [1.807, 2.05) is 18.7 Å². The van der Waals surface area contributed by atoms with Gasteiger partial charge in [0, 0.05) is 12.5 Å². The van der Waals surface area contributed by atoms with Crippen LogP contribution in [0.4, 0.5) is 5.69 Å². The van der Waals surface area contributed by atoms with E-state index in [0.717, 1.165) is 6.54 Å². The van der Waals surface area contributed by atoms with E-state index >= 15 is 0 Å². The highest BCUT2D eigenvalue weighted by atomic mass is 16.4. The Morgan fingerprint density at radius 1 is 1.60 bits per heavy atom. The van der Waals surface area contributed by atoms with Crippen LogP contribution in [0, 0.1) is 18.3 Å².